The number of hydrogen-bond donors (Lipinski definition) is 1. The molecule has 1 aromatic rings. The van der Waals surface area contributed by atoms with Gasteiger partial charge in [0, 0.05) is 18.1 Å². The van der Waals surface area contributed by atoms with Crippen LogP contribution in [-0.4, -0.2) is 37.0 Å². The molecule has 2 aliphatic rings. The van der Waals surface area contributed by atoms with Gasteiger partial charge >= 0.3 is 0 Å². The van der Waals surface area contributed by atoms with Gasteiger partial charge in [-0.05, 0) is 48.6 Å². The van der Waals surface area contributed by atoms with Crippen LogP contribution < -0.4 is 10.5 Å². The molecular formula is C16H21ClN2O2. The van der Waals surface area contributed by atoms with Gasteiger partial charge in [-0.2, -0.15) is 0 Å². The normalized spacial score (nSPS) is 28.1. The van der Waals surface area contributed by atoms with Crippen LogP contribution in [0.5, 0.6) is 5.75 Å². The first-order chi connectivity index (χ1) is 10.0. The molecule has 0 bridgehead atoms. The van der Waals surface area contributed by atoms with Crippen molar-refractivity contribution in [1.82, 2.24) is 4.90 Å². The van der Waals surface area contributed by atoms with Crippen molar-refractivity contribution in [2.45, 2.75) is 19.8 Å². The number of carbonyl (C=O) groups is 1. The Hall–Kier alpha value is -1.26. The van der Waals surface area contributed by atoms with Gasteiger partial charge in [0.25, 0.3) is 0 Å². The molecule has 2 heterocycles. The Morgan fingerprint density at radius 1 is 1.57 bits per heavy atom. The van der Waals surface area contributed by atoms with Gasteiger partial charge in [0.1, 0.15) is 12.4 Å². The smallest absolute Gasteiger partial charge is 0.229 e. The van der Waals surface area contributed by atoms with Gasteiger partial charge in [0.15, 0.2) is 0 Å². The van der Waals surface area contributed by atoms with E-state index in [0.29, 0.717) is 24.6 Å². The number of rotatable bonds is 2. The minimum atomic E-state index is -0.115. The number of hydrogen-bond acceptors (Lipinski definition) is 3. The van der Waals surface area contributed by atoms with E-state index in [-0.39, 0.29) is 17.2 Å². The summed E-state index contributed by atoms with van der Waals surface area (Å²) in [6.45, 7) is 4.76. The van der Waals surface area contributed by atoms with Crippen LogP contribution in [-0.2, 0) is 11.2 Å². The van der Waals surface area contributed by atoms with E-state index in [4.69, 9.17) is 22.1 Å². The Bertz CT molecular complexity index is 563. The zero-order chi connectivity index (χ0) is 15.0. The first kappa shape index (κ1) is 14.7. The molecule has 3 rings (SSSR count). The van der Waals surface area contributed by atoms with Gasteiger partial charge < -0.3 is 15.4 Å². The summed E-state index contributed by atoms with van der Waals surface area (Å²) < 4.78 is 5.72. The molecule has 1 aromatic carbocycles. The van der Waals surface area contributed by atoms with E-state index in [2.05, 4.69) is 6.92 Å². The molecule has 2 N–H and O–H groups in total. The highest BCUT2D eigenvalue weighted by atomic mass is 35.5. The Kier molecular flexibility index (Phi) is 3.84. The number of halogens is 1. The summed E-state index contributed by atoms with van der Waals surface area (Å²) in [4.78, 5) is 14.6. The molecule has 0 spiro atoms. The van der Waals surface area contributed by atoms with Crippen LogP contribution in [0.15, 0.2) is 18.2 Å². The molecule has 21 heavy (non-hydrogen) atoms. The molecule has 4 nitrogen and oxygen atoms in total. The Morgan fingerprint density at radius 2 is 2.38 bits per heavy atom. The average Bonchev–Trinajstić information content (AvgIpc) is 2.89. The number of likely N-dealkylation sites (tertiary alicyclic amines) is 1. The summed E-state index contributed by atoms with van der Waals surface area (Å²) in [7, 11) is 0. The van der Waals surface area contributed by atoms with Crippen molar-refractivity contribution in [3.8, 4) is 5.75 Å². The van der Waals surface area contributed by atoms with E-state index < -0.39 is 0 Å². The van der Waals surface area contributed by atoms with E-state index >= 15 is 0 Å². The van der Waals surface area contributed by atoms with E-state index in [0.717, 1.165) is 30.8 Å². The number of benzene rings is 1. The Labute approximate surface area is 130 Å². The average molecular weight is 309 g/mol. The van der Waals surface area contributed by atoms with Gasteiger partial charge in [-0.3, -0.25) is 4.79 Å². The molecular weight excluding hydrogens is 288 g/mol. The highest BCUT2D eigenvalue weighted by Crippen LogP contribution is 2.33. The number of amides is 1. The fourth-order valence-electron chi connectivity index (χ4n) is 3.16. The zero-order valence-electron chi connectivity index (χ0n) is 12.3. The van der Waals surface area contributed by atoms with Crippen molar-refractivity contribution in [3.63, 3.8) is 0 Å². The minimum Gasteiger partial charge on any atom is -0.492 e. The second-order valence-corrected chi connectivity index (χ2v) is 6.93. The highest BCUT2D eigenvalue weighted by molar-refractivity contribution is 6.30. The van der Waals surface area contributed by atoms with Crippen LogP contribution in [0.4, 0.5) is 0 Å². The van der Waals surface area contributed by atoms with Crippen LogP contribution in [0.3, 0.4) is 0 Å². The summed E-state index contributed by atoms with van der Waals surface area (Å²) in [6.07, 6.45) is 1.68. The van der Waals surface area contributed by atoms with E-state index in [1.165, 1.54) is 0 Å². The Balaban J connectivity index is 1.70. The summed E-state index contributed by atoms with van der Waals surface area (Å²) in [5.41, 5.74) is 6.89. The van der Waals surface area contributed by atoms with Crippen molar-refractivity contribution in [2.75, 3.05) is 26.2 Å². The van der Waals surface area contributed by atoms with E-state index in [9.17, 15) is 4.79 Å². The van der Waals surface area contributed by atoms with Gasteiger partial charge in [-0.1, -0.05) is 18.5 Å². The fraction of sp³-hybridized carbons (Fsp3) is 0.562. The number of carbonyl (C=O) groups excluding carboxylic acids is 1. The molecule has 0 aromatic heterocycles. The van der Waals surface area contributed by atoms with Gasteiger partial charge in [-0.25, -0.2) is 0 Å². The number of nitrogens with two attached hydrogens (primary N) is 1. The molecule has 1 fully saturated rings. The van der Waals surface area contributed by atoms with E-state index in [1.807, 2.05) is 23.1 Å². The van der Waals surface area contributed by atoms with Crippen LogP contribution in [0.25, 0.3) is 0 Å². The summed E-state index contributed by atoms with van der Waals surface area (Å²) in [6, 6.07) is 5.58. The number of ether oxygens (including phenoxy) is 1. The quantitative estimate of drug-likeness (QED) is 0.910. The summed E-state index contributed by atoms with van der Waals surface area (Å²) in [5, 5.41) is 0.683. The molecule has 5 heteroatoms. The molecule has 0 radical (unpaired) electrons. The zero-order valence-corrected chi connectivity index (χ0v) is 13.0. The fourth-order valence-corrected chi connectivity index (χ4v) is 3.35. The molecule has 2 atom stereocenters. The SMILES string of the molecule is CC1(CN)CCN(C(=O)C2COc3ccc(Cl)cc3C2)C1. The first-order valence-corrected chi connectivity index (χ1v) is 7.79. The lowest BCUT2D eigenvalue weighted by Crippen LogP contribution is -2.41. The molecule has 1 amide bonds. The molecule has 0 aliphatic carbocycles. The standard InChI is InChI=1S/C16H21ClN2O2/c1-16(9-18)4-5-19(10-16)15(20)12-6-11-7-13(17)2-3-14(11)21-8-12/h2-3,7,12H,4-6,8-10,18H2,1H3. The van der Waals surface area contributed by atoms with Crippen LogP contribution in [0, 0.1) is 11.3 Å². The first-order valence-electron chi connectivity index (χ1n) is 7.41. The maximum absolute atomic E-state index is 12.7. The van der Waals surface area contributed by atoms with Gasteiger partial charge in [0.2, 0.25) is 5.91 Å². The summed E-state index contributed by atoms with van der Waals surface area (Å²) in [5.74, 6) is 0.908. The molecule has 114 valence electrons. The molecule has 1 saturated heterocycles. The summed E-state index contributed by atoms with van der Waals surface area (Å²) >= 11 is 6.02. The predicted octanol–water partition coefficient (Wildman–Crippen LogP) is 2.09. The molecule has 2 unspecified atom stereocenters. The Morgan fingerprint density at radius 3 is 3.10 bits per heavy atom. The second kappa shape index (κ2) is 5.50. The lowest BCUT2D eigenvalue weighted by Gasteiger charge is -2.29. The third-order valence-corrected chi connectivity index (χ3v) is 4.88. The molecule has 2 aliphatic heterocycles. The minimum absolute atomic E-state index is 0.0619. The maximum atomic E-state index is 12.7. The van der Waals surface area contributed by atoms with Crippen LogP contribution in [0.2, 0.25) is 5.02 Å². The third-order valence-electron chi connectivity index (χ3n) is 4.64. The van der Waals surface area contributed by atoms with Crippen molar-refractivity contribution in [1.29, 1.82) is 0 Å². The van der Waals surface area contributed by atoms with Crippen LogP contribution in [0.1, 0.15) is 18.9 Å². The lowest BCUT2D eigenvalue weighted by atomic mass is 9.90. The van der Waals surface area contributed by atoms with Crippen molar-refractivity contribution in [3.05, 3.63) is 28.8 Å². The largest absolute Gasteiger partial charge is 0.492 e. The van der Waals surface area contributed by atoms with Gasteiger partial charge in [-0.15, -0.1) is 0 Å². The van der Waals surface area contributed by atoms with Gasteiger partial charge in [0.05, 0.1) is 5.92 Å². The van der Waals surface area contributed by atoms with Crippen molar-refractivity contribution >= 4 is 17.5 Å². The second-order valence-electron chi connectivity index (χ2n) is 6.49. The monoisotopic (exact) mass is 308 g/mol. The lowest BCUT2D eigenvalue weighted by molar-refractivity contribution is -0.136. The number of fused-ring (bicyclic) bond motifs is 1. The number of nitrogens with zero attached hydrogens (tertiary/aromatic N) is 1. The predicted molar refractivity (Wildman–Crippen MR) is 82.5 cm³/mol. The topological polar surface area (TPSA) is 55.6 Å². The molecule has 0 saturated carbocycles. The van der Waals surface area contributed by atoms with E-state index in [1.54, 1.807) is 0 Å². The maximum Gasteiger partial charge on any atom is 0.229 e. The van der Waals surface area contributed by atoms with Crippen molar-refractivity contribution in [2.24, 2.45) is 17.1 Å². The highest BCUT2D eigenvalue weighted by Gasteiger charge is 2.38. The van der Waals surface area contributed by atoms with Crippen molar-refractivity contribution < 1.29 is 9.53 Å². The third kappa shape index (κ3) is 2.87. The van der Waals surface area contributed by atoms with Crippen LogP contribution >= 0.6 is 11.6 Å².